The molecule has 24 heavy (non-hydrogen) atoms. The van der Waals surface area contributed by atoms with Crippen molar-refractivity contribution in [2.24, 2.45) is 11.1 Å². The van der Waals surface area contributed by atoms with Crippen LogP contribution in [0.25, 0.3) is 0 Å². The lowest BCUT2D eigenvalue weighted by molar-refractivity contribution is -0.118. The number of piperidine rings is 1. The first-order valence-corrected chi connectivity index (χ1v) is 9.97. The second-order valence-corrected chi connectivity index (χ2v) is 10.0. The highest BCUT2D eigenvalue weighted by Gasteiger charge is 2.39. The van der Waals surface area contributed by atoms with E-state index in [4.69, 9.17) is 5.73 Å². The number of carbonyl (C=O) groups excluding carboxylic acids is 1. The molecule has 1 amide bonds. The van der Waals surface area contributed by atoms with Crippen molar-refractivity contribution in [1.82, 2.24) is 9.62 Å². The Morgan fingerprint density at radius 1 is 1.46 bits per heavy atom. The predicted octanol–water partition coefficient (Wildman–Crippen LogP) is 1.60. The normalized spacial score (nSPS) is 21.1. The Balaban J connectivity index is 0.00000288. The molecule has 0 saturated carbocycles. The Hall–Kier alpha value is -0.670. The summed E-state index contributed by atoms with van der Waals surface area (Å²) >= 11 is 1.27. The van der Waals surface area contributed by atoms with Crippen LogP contribution in [-0.2, 0) is 21.2 Å². The van der Waals surface area contributed by atoms with Gasteiger partial charge in [0.15, 0.2) is 0 Å². The molecule has 0 aromatic carbocycles. The third kappa shape index (κ3) is 4.92. The van der Waals surface area contributed by atoms with Crippen LogP contribution in [0.4, 0.5) is 0 Å². The van der Waals surface area contributed by atoms with Crippen LogP contribution >= 0.6 is 23.7 Å². The fourth-order valence-electron chi connectivity index (χ4n) is 2.65. The van der Waals surface area contributed by atoms with Gasteiger partial charge in [0, 0.05) is 37.5 Å². The molecule has 1 aromatic rings. The third-order valence-electron chi connectivity index (χ3n) is 4.25. The summed E-state index contributed by atoms with van der Waals surface area (Å²) in [5, 5.41) is 2.71. The standard InChI is InChI=1S/C15H25N3O3S2.ClH/c1-11(19)17-8-6-12-4-5-14(22-12)23(20,21)18-9-7-13(16)15(2,3)10-18;/h4-5,13H,6-10,16H2,1-3H3,(H,17,19);1H. The van der Waals surface area contributed by atoms with Crippen LogP contribution in [0, 0.1) is 5.41 Å². The van der Waals surface area contributed by atoms with Gasteiger partial charge in [-0.1, -0.05) is 13.8 Å². The van der Waals surface area contributed by atoms with E-state index in [-0.39, 0.29) is 29.8 Å². The Bertz CT molecular complexity index is 673. The van der Waals surface area contributed by atoms with E-state index in [0.29, 0.717) is 36.7 Å². The zero-order valence-corrected chi connectivity index (χ0v) is 16.7. The van der Waals surface area contributed by atoms with Gasteiger partial charge in [-0.25, -0.2) is 8.42 Å². The molecule has 0 bridgehead atoms. The highest BCUT2D eigenvalue weighted by molar-refractivity contribution is 7.91. The van der Waals surface area contributed by atoms with E-state index in [0.717, 1.165) is 4.88 Å². The summed E-state index contributed by atoms with van der Waals surface area (Å²) in [5.41, 5.74) is 5.86. The van der Waals surface area contributed by atoms with Crippen LogP contribution in [0.5, 0.6) is 0 Å². The molecule has 0 spiro atoms. The summed E-state index contributed by atoms with van der Waals surface area (Å²) in [6, 6.07) is 3.50. The second kappa shape index (κ2) is 8.14. The van der Waals surface area contributed by atoms with Crippen molar-refractivity contribution in [2.75, 3.05) is 19.6 Å². The van der Waals surface area contributed by atoms with E-state index < -0.39 is 10.0 Å². The molecule has 1 saturated heterocycles. The second-order valence-electron chi connectivity index (χ2n) is 6.68. The van der Waals surface area contributed by atoms with E-state index in [2.05, 4.69) is 5.32 Å². The van der Waals surface area contributed by atoms with Crippen molar-refractivity contribution in [3.8, 4) is 0 Å². The van der Waals surface area contributed by atoms with Crippen LogP contribution in [0.1, 0.15) is 32.1 Å². The van der Waals surface area contributed by atoms with Gasteiger partial charge in [-0.2, -0.15) is 4.31 Å². The number of nitrogens with zero attached hydrogens (tertiary/aromatic N) is 1. The molecule has 1 aliphatic heterocycles. The highest BCUT2D eigenvalue weighted by Crippen LogP contribution is 2.33. The Morgan fingerprint density at radius 3 is 2.71 bits per heavy atom. The number of halogens is 1. The van der Waals surface area contributed by atoms with Gasteiger partial charge in [-0.05, 0) is 30.4 Å². The number of nitrogens with one attached hydrogen (secondary N) is 1. The lowest BCUT2D eigenvalue weighted by atomic mass is 9.81. The van der Waals surface area contributed by atoms with Crippen LogP contribution < -0.4 is 11.1 Å². The van der Waals surface area contributed by atoms with Gasteiger partial charge < -0.3 is 11.1 Å². The molecular formula is C15H26ClN3O3S2. The van der Waals surface area contributed by atoms with Gasteiger partial charge in [0.25, 0.3) is 10.0 Å². The maximum Gasteiger partial charge on any atom is 0.252 e. The monoisotopic (exact) mass is 395 g/mol. The number of hydrogen-bond acceptors (Lipinski definition) is 5. The summed E-state index contributed by atoms with van der Waals surface area (Å²) in [6.45, 7) is 6.90. The molecular weight excluding hydrogens is 370 g/mol. The molecule has 0 radical (unpaired) electrons. The first-order chi connectivity index (χ1) is 10.6. The molecule has 1 aliphatic rings. The zero-order valence-electron chi connectivity index (χ0n) is 14.2. The molecule has 2 heterocycles. The minimum Gasteiger partial charge on any atom is -0.356 e. The van der Waals surface area contributed by atoms with Crippen molar-refractivity contribution in [3.63, 3.8) is 0 Å². The molecule has 6 nitrogen and oxygen atoms in total. The summed E-state index contributed by atoms with van der Waals surface area (Å²) in [7, 11) is -3.47. The largest absolute Gasteiger partial charge is 0.356 e. The van der Waals surface area contributed by atoms with Gasteiger partial charge in [-0.3, -0.25) is 4.79 Å². The summed E-state index contributed by atoms with van der Waals surface area (Å²) in [5.74, 6) is -0.0821. The Kier molecular flexibility index (Phi) is 7.25. The molecule has 2 rings (SSSR count). The van der Waals surface area contributed by atoms with Crippen molar-refractivity contribution in [1.29, 1.82) is 0 Å². The Labute approximate surface area is 154 Å². The van der Waals surface area contributed by atoms with E-state index >= 15 is 0 Å². The van der Waals surface area contributed by atoms with Crippen molar-refractivity contribution in [3.05, 3.63) is 17.0 Å². The predicted molar refractivity (Wildman–Crippen MR) is 99.1 cm³/mol. The van der Waals surface area contributed by atoms with E-state index in [1.54, 1.807) is 10.4 Å². The topological polar surface area (TPSA) is 92.5 Å². The average molecular weight is 396 g/mol. The fraction of sp³-hybridized carbons (Fsp3) is 0.667. The number of sulfonamides is 1. The number of hydrogen-bond donors (Lipinski definition) is 2. The number of carbonyl (C=O) groups is 1. The van der Waals surface area contributed by atoms with Crippen molar-refractivity contribution < 1.29 is 13.2 Å². The Morgan fingerprint density at radius 2 is 2.12 bits per heavy atom. The number of thiophene rings is 1. The molecule has 1 aromatic heterocycles. The minimum atomic E-state index is -3.47. The molecule has 1 unspecified atom stereocenters. The van der Waals surface area contributed by atoms with Gasteiger partial charge in [0.2, 0.25) is 5.91 Å². The zero-order chi connectivity index (χ0) is 17.3. The van der Waals surface area contributed by atoms with Crippen LogP contribution in [-0.4, -0.2) is 44.3 Å². The van der Waals surface area contributed by atoms with Crippen molar-refractivity contribution >= 4 is 39.7 Å². The van der Waals surface area contributed by atoms with Crippen LogP contribution in [0.15, 0.2) is 16.3 Å². The number of rotatable bonds is 5. The quantitative estimate of drug-likeness (QED) is 0.791. The van der Waals surface area contributed by atoms with E-state index in [1.807, 2.05) is 19.9 Å². The smallest absolute Gasteiger partial charge is 0.252 e. The molecule has 138 valence electrons. The SMILES string of the molecule is CC(=O)NCCc1ccc(S(=O)(=O)N2CCC(N)C(C)(C)C2)s1.Cl. The lowest BCUT2D eigenvalue weighted by Crippen LogP contribution is -2.53. The molecule has 1 fully saturated rings. The fourth-order valence-corrected chi connectivity index (χ4v) is 5.79. The third-order valence-corrected chi connectivity index (χ3v) is 7.71. The van der Waals surface area contributed by atoms with Crippen molar-refractivity contribution in [2.45, 2.75) is 43.9 Å². The van der Waals surface area contributed by atoms with Crippen LogP contribution in [0.2, 0.25) is 0 Å². The molecule has 3 N–H and O–H groups in total. The minimum absolute atomic E-state index is 0. The molecule has 1 atom stereocenters. The maximum absolute atomic E-state index is 12.8. The maximum atomic E-state index is 12.8. The van der Waals surface area contributed by atoms with Gasteiger partial charge in [0.05, 0.1) is 0 Å². The molecule has 0 aliphatic carbocycles. The average Bonchev–Trinajstić information content (AvgIpc) is 2.91. The molecule has 9 heteroatoms. The van der Waals surface area contributed by atoms with E-state index in [1.165, 1.54) is 18.3 Å². The summed E-state index contributed by atoms with van der Waals surface area (Å²) < 4.78 is 27.5. The highest BCUT2D eigenvalue weighted by atomic mass is 35.5. The van der Waals surface area contributed by atoms with Gasteiger partial charge >= 0.3 is 0 Å². The first kappa shape index (κ1) is 21.4. The number of amides is 1. The van der Waals surface area contributed by atoms with Gasteiger partial charge in [0.1, 0.15) is 4.21 Å². The first-order valence-electron chi connectivity index (χ1n) is 7.72. The van der Waals surface area contributed by atoms with Crippen LogP contribution in [0.3, 0.4) is 0 Å². The lowest BCUT2D eigenvalue weighted by Gasteiger charge is -2.41. The summed E-state index contributed by atoms with van der Waals surface area (Å²) in [6.07, 6.45) is 1.31. The number of nitrogens with two attached hydrogens (primary N) is 1. The van der Waals surface area contributed by atoms with Gasteiger partial charge in [-0.15, -0.1) is 23.7 Å². The van der Waals surface area contributed by atoms with E-state index in [9.17, 15) is 13.2 Å². The summed E-state index contributed by atoms with van der Waals surface area (Å²) in [4.78, 5) is 11.8.